The van der Waals surface area contributed by atoms with E-state index in [0.29, 0.717) is 18.7 Å². The molecular formula is C15H14BrF3N4O. The molecular weight excluding hydrogens is 389 g/mol. The van der Waals surface area contributed by atoms with Crippen LogP contribution in [0, 0.1) is 5.92 Å². The van der Waals surface area contributed by atoms with Gasteiger partial charge in [-0.05, 0) is 40.9 Å². The number of benzene rings is 1. The number of aromatic nitrogens is 3. The van der Waals surface area contributed by atoms with Crippen LogP contribution >= 0.6 is 15.9 Å². The predicted octanol–water partition coefficient (Wildman–Crippen LogP) is 3.44. The summed E-state index contributed by atoms with van der Waals surface area (Å²) >= 11 is 3.38. The molecule has 0 radical (unpaired) electrons. The molecule has 1 saturated heterocycles. The summed E-state index contributed by atoms with van der Waals surface area (Å²) in [5, 5.41) is 7.71. The van der Waals surface area contributed by atoms with E-state index >= 15 is 0 Å². The van der Waals surface area contributed by atoms with Crippen molar-refractivity contribution in [2.45, 2.75) is 19.0 Å². The van der Waals surface area contributed by atoms with Crippen LogP contribution in [0.2, 0.25) is 0 Å². The normalized spacial score (nSPS) is 18.7. The van der Waals surface area contributed by atoms with Crippen LogP contribution in [-0.4, -0.2) is 45.1 Å². The number of rotatable bonds is 2. The van der Waals surface area contributed by atoms with Crippen molar-refractivity contribution in [3.63, 3.8) is 0 Å². The third kappa shape index (κ3) is 3.45. The van der Waals surface area contributed by atoms with Crippen LogP contribution < -0.4 is 0 Å². The van der Waals surface area contributed by atoms with Gasteiger partial charge in [0.2, 0.25) is 0 Å². The van der Waals surface area contributed by atoms with E-state index in [0.717, 1.165) is 4.47 Å². The SMILES string of the molecule is O=C(c1cn(-c2ccccc2Br)nn1)N1CCC[C@@H](C(F)(F)F)C1. The second-order valence-corrected chi connectivity index (χ2v) is 6.49. The van der Waals surface area contributed by atoms with E-state index in [2.05, 4.69) is 26.2 Å². The first-order valence-corrected chi connectivity index (χ1v) is 8.19. The summed E-state index contributed by atoms with van der Waals surface area (Å²) in [4.78, 5) is 13.6. The van der Waals surface area contributed by atoms with Gasteiger partial charge in [-0.15, -0.1) is 5.10 Å². The van der Waals surface area contributed by atoms with Crippen molar-refractivity contribution < 1.29 is 18.0 Å². The first-order chi connectivity index (χ1) is 11.4. The van der Waals surface area contributed by atoms with Crippen molar-refractivity contribution >= 4 is 21.8 Å². The van der Waals surface area contributed by atoms with Crippen LogP contribution in [0.15, 0.2) is 34.9 Å². The highest BCUT2D eigenvalue weighted by Gasteiger charge is 2.43. The zero-order valence-electron chi connectivity index (χ0n) is 12.5. The van der Waals surface area contributed by atoms with E-state index in [1.54, 1.807) is 6.07 Å². The Morgan fingerprint density at radius 1 is 1.29 bits per heavy atom. The molecule has 2 heterocycles. The summed E-state index contributed by atoms with van der Waals surface area (Å²) in [5.74, 6) is -2.00. The summed E-state index contributed by atoms with van der Waals surface area (Å²) in [6.07, 6.45) is -2.48. The Kier molecular flexibility index (Phi) is 4.62. The molecule has 0 spiro atoms. The van der Waals surface area contributed by atoms with E-state index in [4.69, 9.17) is 0 Å². The maximum absolute atomic E-state index is 12.9. The van der Waals surface area contributed by atoms with Crippen molar-refractivity contribution in [2.75, 3.05) is 13.1 Å². The van der Waals surface area contributed by atoms with Gasteiger partial charge in [0.1, 0.15) is 0 Å². The summed E-state index contributed by atoms with van der Waals surface area (Å²) < 4.78 is 40.8. The Balaban J connectivity index is 1.78. The average Bonchev–Trinajstić information content (AvgIpc) is 3.03. The standard InChI is InChI=1S/C15H14BrF3N4O/c16-11-5-1-2-6-13(11)23-9-12(20-21-23)14(24)22-7-3-4-10(8-22)15(17,18)19/h1-2,5-6,9-10H,3-4,7-8H2/t10-/m1/s1. The lowest BCUT2D eigenvalue weighted by atomic mass is 9.97. The van der Waals surface area contributed by atoms with Gasteiger partial charge in [-0.1, -0.05) is 17.3 Å². The highest BCUT2D eigenvalue weighted by molar-refractivity contribution is 9.10. The summed E-state index contributed by atoms with van der Waals surface area (Å²) in [5.41, 5.74) is 0.726. The number of piperidine rings is 1. The molecule has 0 N–H and O–H groups in total. The van der Waals surface area contributed by atoms with Gasteiger partial charge in [-0.2, -0.15) is 13.2 Å². The number of para-hydroxylation sites is 1. The zero-order chi connectivity index (χ0) is 17.3. The van der Waals surface area contributed by atoms with Crippen molar-refractivity contribution in [1.82, 2.24) is 19.9 Å². The molecule has 128 valence electrons. The molecule has 1 amide bonds. The number of carbonyl (C=O) groups excluding carboxylic acids is 1. The Bertz CT molecular complexity index is 746. The third-order valence-corrected chi connectivity index (χ3v) is 4.65. The van der Waals surface area contributed by atoms with Crippen LogP contribution in [0.5, 0.6) is 0 Å². The molecule has 1 aromatic carbocycles. The predicted molar refractivity (Wildman–Crippen MR) is 83.7 cm³/mol. The van der Waals surface area contributed by atoms with Crippen molar-refractivity contribution in [1.29, 1.82) is 0 Å². The Morgan fingerprint density at radius 3 is 2.75 bits per heavy atom. The van der Waals surface area contributed by atoms with Gasteiger partial charge in [0.25, 0.3) is 5.91 Å². The van der Waals surface area contributed by atoms with Gasteiger partial charge in [-0.3, -0.25) is 4.79 Å². The van der Waals surface area contributed by atoms with E-state index in [-0.39, 0.29) is 18.7 Å². The van der Waals surface area contributed by atoms with Crippen molar-refractivity contribution in [3.8, 4) is 5.69 Å². The van der Waals surface area contributed by atoms with Crippen LogP contribution in [0.4, 0.5) is 13.2 Å². The lowest BCUT2D eigenvalue weighted by molar-refractivity contribution is -0.184. The molecule has 5 nitrogen and oxygen atoms in total. The van der Waals surface area contributed by atoms with Crippen molar-refractivity contribution in [3.05, 3.63) is 40.6 Å². The smallest absolute Gasteiger partial charge is 0.337 e. The number of likely N-dealkylation sites (tertiary alicyclic amines) is 1. The molecule has 1 atom stereocenters. The molecule has 9 heteroatoms. The first kappa shape index (κ1) is 16.9. The number of halogens is 4. The molecule has 1 aromatic heterocycles. The van der Waals surface area contributed by atoms with E-state index in [1.807, 2.05) is 18.2 Å². The fourth-order valence-corrected chi connectivity index (χ4v) is 3.17. The average molecular weight is 403 g/mol. The number of hydrogen-bond donors (Lipinski definition) is 0. The quantitative estimate of drug-likeness (QED) is 0.772. The van der Waals surface area contributed by atoms with Gasteiger partial charge in [0, 0.05) is 17.6 Å². The minimum absolute atomic E-state index is 0.0357. The Hall–Kier alpha value is -1.90. The second-order valence-electron chi connectivity index (χ2n) is 5.63. The first-order valence-electron chi connectivity index (χ1n) is 7.39. The second kappa shape index (κ2) is 6.54. The lowest BCUT2D eigenvalue weighted by Gasteiger charge is -2.33. The fraction of sp³-hybridized carbons (Fsp3) is 0.400. The topological polar surface area (TPSA) is 51.0 Å². The Labute approximate surface area is 144 Å². The van der Waals surface area contributed by atoms with Gasteiger partial charge >= 0.3 is 6.18 Å². The highest BCUT2D eigenvalue weighted by atomic mass is 79.9. The van der Waals surface area contributed by atoms with E-state index < -0.39 is 18.0 Å². The van der Waals surface area contributed by atoms with Gasteiger partial charge in [0.05, 0.1) is 17.8 Å². The van der Waals surface area contributed by atoms with E-state index in [9.17, 15) is 18.0 Å². The molecule has 1 fully saturated rings. The largest absolute Gasteiger partial charge is 0.393 e. The Morgan fingerprint density at radius 2 is 2.04 bits per heavy atom. The maximum Gasteiger partial charge on any atom is 0.393 e. The zero-order valence-corrected chi connectivity index (χ0v) is 14.1. The molecule has 0 bridgehead atoms. The molecule has 0 saturated carbocycles. The summed E-state index contributed by atoms with van der Waals surface area (Å²) in [7, 11) is 0. The number of carbonyl (C=O) groups is 1. The fourth-order valence-electron chi connectivity index (χ4n) is 2.71. The summed E-state index contributed by atoms with van der Waals surface area (Å²) in [6, 6.07) is 7.24. The monoisotopic (exact) mass is 402 g/mol. The lowest BCUT2D eigenvalue weighted by Crippen LogP contribution is -2.44. The molecule has 0 aliphatic carbocycles. The molecule has 24 heavy (non-hydrogen) atoms. The molecule has 1 aliphatic heterocycles. The number of hydrogen-bond acceptors (Lipinski definition) is 3. The molecule has 3 rings (SSSR count). The van der Waals surface area contributed by atoms with Crippen LogP contribution in [0.3, 0.4) is 0 Å². The molecule has 2 aromatic rings. The van der Waals surface area contributed by atoms with Gasteiger partial charge < -0.3 is 4.90 Å². The highest BCUT2D eigenvalue weighted by Crippen LogP contribution is 2.33. The number of amides is 1. The maximum atomic E-state index is 12.9. The molecule has 0 unspecified atom stereocenters. The number of alkyl halides is 3. The van der Waals surface area contributed by atoms with Crippen LogP contribution in [-0.2, 0) is 0 Å². The minimum Gasteiger partial charge on any atom is -0.337 e. The number of nitrogens with zero attached hydrogens (tertiary/aromatic N) is 4. The van der Waals surface area contributed by atoms with E-state index in [1.165, 1.54) is 15.8 Å². The summed E-state index contributed by atoms with van der Waals surface area (Å²) in [6.45, 7) is -0.0302. The third-order valence-electron chi connectivity index (χ3n) is 3.98. The van der Waals surface area contributed by atoms with Gasteiger partial charge in [-0.25, -0.2) is 4.68 Å². The molecule has 1 aliphatic rings. The minimum atomic E-state index is -4.29. The van der Waals surface area contributed by atoms with Crippen LogP contribution in [0.1, 0.15) is 23.3 Å². The van der Waals surface area contributed by atoms with Gasteiger partial charge in [0.15, 0.2) is 5.69 Å². The van der Waals surface area contributed by atoms with Crippen molar-refractivity contribution in [2.24, 2.45) is 5.92 Å². The van der Waals surface area contributed by atoms with Crippen LogP contribution in [0.25, 0.3) is 5.69 Å².